The lowest BCUT2D eigenvalue weighted by molar-refractivity contribution is 0.0990. The quantitative estimate of drug-likeness (QED) is 0.197. The molecular weight excluding hydrogens is 574 g/mol. The fourth-order valence-electron chi connectivity index (χ4n) is 4.55. The summed E-state index contributed by atoms with van der Waals surface area (Å²) >= 11 is 0. The van der Waals surface area contributed by atoms with Crippen molar-refractivity contribution >= 4 is 22.6 Å². The van der Waals surface area contributed by atoms with Crippen molar-refractivity contribution in [1.82, 2.24) is 24.3 Å². The van der Waals surface area contributed by atoms with Crippen LogP contribution >= 0.6 is 0 Å². The summed E-state index contributed by atoms with van der Waals surface area (Å²) in [5, 5.41) is 20.2. The number of aromatic nitrogens is 5. The molecule has 13 heteroatoms. The van der Waals surface area contributed by atoms with Crippen molar-refractivity contribution in [1.29, 1.82) is 0 Å². The lowest BCUT2D eigenvalue weighted by Gasteiger charge is -2.23. The Balaban J connectivity index is 1.44. The van der Waals surface area contributed by atoms with Gasteiger partial charge < -0.3 is 15.2 Å². The Morgan fingerprint density at radius 1 is 1.09 bits per heavy atom. The number of aromatic amines is 1. The summed E-state index contributed by atoms with van der Waals surface area (Å²) in [5.74, 6) is -1.46. The summed E-state index contributed by atoms with van der Waals surface area (Å²) in [5.41, 5.74) is -1.76. The minimum Gasteiger partial charge on any atom is -0.453 e. The molecule has 0 saturated heterocycles. The van der Waals surface area contributed by atoms with E-state index < -0.39 is 40.2 Å². The van der Waals surface area contributed by atoms with E-state index in [1.807, 2.05) is 0 Å². The number of aliphatic hydroxyl groups is 1. The van der Waals surface area contributed by atoms with Gasteiger partial charge in [0.25, 0.3) is 5.56 Å². The van der Waals surface area contributed by atoms with Crippen LogP contribution < -0.4 is 21.3 Å². The fraction of sp³-hybridized carbons (Fsp3) is 0.258. The molecule has 3 aromatic heterocycles. The van der Waals surface area contributed by atoms with Gasteiger partial charge in [0.15, 0.2) is 28.8 Å². The maximum Gasteiger partial charge on any atom is 0.335 e. The van der Waals surface area contributed by atoms with Gasteiger partial charge in [-0.2, -0.15) is 5.10 Å². The number of hydrogen-bond acceptors (Lipinski definition) is 8. The molecule has 5 rings (SSSR count). The number of carbonyl (C=O) groups is 1. The van der Waals surface area contributed by atoms with Crippen LogP contribution in [0.4, 0.5) is 14.6 Å². The van der Waals surface area contributed by atoms with Crippen molar-refractivity contribution in [3.63, 3.8) is 0 Å². The molecular formula is C31H30F2N6O5. The van der Waals surface area contributed by atoms with Crippen LogP contribution in [0.5, 0.6) is 11.5 Å². The number of H-pyrrole nitrogens is 1. The number of ether oxygens (including phenoxy) is 1. The van der Waals surface area contributed by atoms with Crippen LogP contribution in [-0.4, -0.2) is 47.4 Å². The molecule has 228 valence electrons. The third kappa shape index (κ3) is 5.99. The number of halogens is 2. The number of nitrogens with zero attached hydrogens (tertiary/aromatic N) is 4. The molecule has 3 heterocycles. The van der Waals surface area contributed by atoms with Crippen LogP contribution in [0.3, 0.4) is 0 Å². The van der Waals surface area contributed by atoms with Gasteiger partial charge in [-0.25, -0.2) is 23.1 Å². The zero-order chi connectivity index (χ0) is 31.8. The molecule has 0 spiro atoms. The number of hydrogen-bond donors (Lipinski definition) is 3. The highest BCUT2D eigenvalue weighted by Crippen LogP contribution is 2.35. The van der Waals surface area contributed by atoms with E-state index in [2.05, 4.69) is 20.5 Å². The van der Waals surface area contributed by atoms with Crippen LogP contribution in [-0.2, 0) is 6.42 Å². The lowest BCUT2D eigenvalue weighted by atomic mass is 10.0. The average Bonchev–Trinajstić information content (AvgIpc) is 3.38. The third-order valence-electron chi connectivity index (χ3n) is 6.91. The van der Waals surface area contributed by atoms with Gasteiger partial charge in [0.1, 0.15) is 22.5 Å². The average molecular weight is 605 g/mol. The monoisotopic (exact) mass is 604 g/mol. The first-order valence-electron chi connectivity index (χ1n) is 13.7. The van der Waals surface area contributed by atoms with Crippen molar-refractivity contribution in [2.75, 3.05) is 11.9 Å². The predicted octanol–water partition coefficient (Wildman–Crippen LogP) is 4.53. The highest BCUT2D eigenvalue weighted by atomic mass is 19.1. The predicted molar refractivity (Wildman–Crippen MR) is 160 cm³/mol. The number of aliphatic hydroxyl groups excluding tert-OH is 1. The first-order chi connectivity index (χ1) is 20.9. The molecule has 0 aliphatic rings. The van der Waals surface area contributed by atoms with E-state index in [-0.39, 0.29) is 41.3 Å². The summed E-state index contributed by atoms with van der Waals surface area (Å²) in [6.07, 6.45) is 2.34. The van der Waals surface area contributed by atoms with Gasteiger partial charge >= 0.3 is 5.69 Å². The van der Waals surface area contributed by atoms with Crippen LogP contribution in [0.1, 0.15) is 49.7 Å². The van der Waals surface area contributed by atoms with E-state index in [1.165, 1.54) is 41.2 Å². The maximum absolute atomic E-state index is 15.3. The first kappa shape index (κ1) is 30.3. The Morgan fingerprint density at radius 3 is 2.48 bits per heavy atom. The normalized spacial score (nSPS) is 11.7. The van der Waals surface area contributed by atoms with E-state index in [4.69, 9.17) is 4.74 Å². The van der Waals surface area contributed by atoms with Crippen LogP contribution in [0.15, 0.2) is 70.5 Å². The van der Waals surface area contributed by atoms with Crippen LogP contribution in [0.25, 0.3) is 16.7 Å². The van der Waals surface area contributed by atoms with Gasteiger partial charge in [0.05, 0.1) is 17.8 Å². The molecule has 0 bridgehead atoms. The van der Waals surface area contributed by atoms with Gasteiger partial charge in [-0.15, -0.1) is 0 Å². The van der Waals surface area contributed by atoms with Crippen LogP contribution in [0, 0.1) is 11.6 Å². The Morgan fingerprint density at radius 2 is 1.82 bits per heavy atom. The Hall–Kier alpha value is -5.17. The lowest BCUT2D eigenvalue weighted by Crippen LogP contribution is -2.42. The van der Waals surface area contributed by atoms with Crippen molar-refractivity contribution in [2.45, 2.75) is 45.7 Å². The molecule has 3 N–H and O–H groups in total. The number of fused-ring (bicyclic) bond motifs is 1. The highest BCUT2D eigenvalue weighted by Gasteiger charge is 2.23. The van der Waals surface area contributed by atoms with Crippen molar-refractivity contribution < 1.29 is 23.4 Å². The SMILES string of the molecule is CC(C)n1cc(C(=O)Cc2ccc(Oc3ccnc4[nH]nc(NC(C)(C)CO)c34)c(F)c2)c(=O)n(-c2ccc(F)cc2)c1=O. The molecule has 11 nitrogen and oxygen atoms in total. The number of carbonyl (C=O) groups excluding carboxylic acids is 1. The largest absolute Gasteiger partial charge is 0.453 e. The summed E-state index contributed by atoms with van der Waals surface area (Å²) in [6.45, 7) is 6.82. The summed E-state index contributed by atoms with van der Waals surface area (Å²) < 4.78 is 36.7. The molecule has 2 aromatic carbocycles. The van der Waals surface area contributed by atoms with E-state index in [1.54, 1.807) is 33.8 Å². The minimum atomic E-state index is -0.862. The molecule has 0 aliphatic heterocycles. The Labute approximate surface area is 249 Å². The first-order valence-corrected chi connectivity index (χ1v) is 13.7. The number of rotatable bonds is 10. The third-order valence-corrected chi connectivity index (χ3v) is 6.91. The van der Waals surface area contributed by atoms with Crippen molar-refractivity contribution in [3.8, 4) is 17.2 Å². The summed E-state index contributed by atoms with van der Waals surface area (Å²) in [6, 6.07) is 9.91. The molecule has 0 fully saturated rings. The van der Waals surface area contributed by atoms with E-state index in [9.17, 15) is 23.9 Å². The second kappa shape index (κ2) is 11.8. The highest BCUT2D eigenvalue weighted by molar-refractivity contribution is 5.97. The van der Waals surface area contributed by atoms with Crippen molar-refractivity contribution in [2.24, 2.45) is 0 Å². The van der Waals surface area contributed by atoms with Crippen LogP contribution in [0.2, 0.25) is 0 Å². The van der Waals surface area contributed by atoms with Gasteiger partial charge in [0.2, 0.25) is 0 Å². The number of pyridine rings is 1. The smallest absolute Gasteiger partial charge is 0.335 e. The number of ketones is 1. The summed E-state index contributed by atoms with van der Waals surface area (Å²) in [4.78, 5) is 44.0. The van der Waals surface area contributed by atoms with Gasteiger partial charge in [-0.05, 0) is 69.7 Å². The number of Topliss-reactive ketones (excluding diaryl/α,β-unsaturated/α-hetero) is 1. The van der Waals surface area contributed by atoms with Crippen molar-refractivity contribution in [3.05, 3.63) is 105 Å². The fourth-order valence-corrected chi connectivity index (χ4v) is 4.55. The Kier molecular flexibility index (Phi) is 8.15. The zero-order valence-corrected chi connectivity index (χ0v) is 24.4. The topological polar surface area (TPSA) is 144 Å². The second-order valence-corrected chi connectivity index (χ2v) is 11.2. The molecule has 0 atom stereocenters. The molecule has 44 heavy (non-hydrogen) atoms. The van der Waals surface area contributed by atoms with Gasteiger partial charge in [-0.1, -0.05) is 6.07 Å². The Bertz CT molecular complexity index is 1980. The number of nitrogens with one attached hydrogen (secondary N) is 2. The molecule has 0 unspecified atom stereocenters. The zero-order valence-electron chi connectivity index (χ0n) is 24.4. The molecule has 0 radical (unpaired) electrons. The van der Waals surface area contributed by atoms with E-state index >= 15 is 4.39 Å². The molecule has 5 aromatic rings. The standard InChI is InChI=1S/C31H30F2N6O5/c1-17(2)38-15-21(29(42)39(30(38)43)20-8-6-19(32)7-9-20)23(41)14-18-5-10-24(22(33)13-18)44-25-11-12-34-27-26(25)28(37-36-27)35-31(3,4)16-40/h5-13,15,17,40H,14,16H2,1-4H3,(H2,34,35,36,37). The maximum atomic E-state index is 15.3. The van der Waals surface area contributed by atoms with Gasteiger partial charge in [-0.3, -0.25) is 19.3 Å². The minimum absolute atomic E-state index is 0.110. The molecule has 0 amide bonds. The van der Waals surface area contributed by atoms with Gasteiger partial charge in [0, 0.05) is 30.9 Å². The molecule has 0 saturated carbocycles. The summed E-state index contributed by atoms with van der Waals surface area (Å²) in [7, 11) is 0. The van der Waals surface area contributed by atoms with E-state index in [0.717, 1.165) is 22.8 Å². The number of benzene rings is 2. The number of anilines is 1. The second-order valence-electron chi connectivity index (χ2n) is 11.2. The van der Waals surface area contributed by atoms with E-state index in [0.29, 0.717) is 16.9 Å². The molecule has 0 aliphatic carbocycles.